The standard InChI is InChI=1S/C14H22N2O/c15-10-12(13-7-3-4-8-16-13)14(17)9-11-5-1-2-6-11/h3-4,7-8,11-12,14,17H,1-2,5-6,9-10,15H2. The SMILES string of the molecule is NCC(c1ccccn1)C(O)CC1CCCC1. The van der Waals surface area contributed by atoms with E-state index in [4.69, 9.17) is 5.73 Å². The molecule has 1 aliphatic carbocycles. The van der Waals surface area contributed by atoms with E-state index in [-0.39, 0.29) is 12.0 Å². The van der Waals surface area contributed by atoms with Gasteiger partial charge in [0, 0.05) is 24.4 Å². The van der Waals surface area contributed by atoms with Gasteiger partial charge in [-0.1, -0.05) is 31.7 Å². The monoisotopic (exact) mass is 234 g/mol. The fraction of sp³-hybridized carbons (Fsp3) is 0.643. The lowest BCUT2D eigenvalue weighted by Gasteiger charge is -2.23. The number of nitrogens with zero attached hydrogens (tertiary/aromatic N) is 1. The molecule has 1 aromatic rings. The number of rotatable bonds is 5. The Labute approximate surface area is 103 Å². The Morgan fingerprint density at radius 3 is 2.71 bits per heavy atom. The van der Waals surface area contributed by atoms with Crippen LogP contribution >= 0.6 is 0 Å². The summed E-state index contributed by atoms with van der Waals surface area (Å²) >= 11 is 0. The van der Waals surface area contributed by atoms with Gasteiger partial charge in [-0.15, -0.1) is 0 Å². The van der Waals surface area contributed by atoms with Gasteiger partial charge in [-0.2, -0.15) is 0 Å². The first-order chi connectivity index (χ1) is 8.31. The quantitative estimate of drug-likeness (QED) is 0.820. The second kappa shape index (κ2) is 6.12. The molecule has 1 fully saturated rings. The second-order valence-corrected chi connectivity index (χ2v) is 5.05. The summed E-state index contributed by atoms with van der Waals surface area (Å²) in [5, 5.41) is 10.3. The second-order valence-electron chi connectivity index (χ2n) is 5.05. The lowest BCUT2D eigenvalue weighted by Crippen LogP contribution is -2.28. The van der Waals surface area contributed by atoms with E-state index in [1.807, 2.05) is 18.2 Å². The highest BCUT2D eigenvalue weighted by Gasteiger charge is 2.25. The van der Waals surface area contributed by atoms with E-state index in [1.165, 1.54) is 25.7 Å². The van der Waals surface area contributed by atoms with Gasteiger partial charge in [0.05, 0.1) is 6.10 Å². The fourth-order valence-corrected chi connectivity index (χ4v) is 2.82. The molecule has 17 heavy (non-hydrogen) atoms. The van der Waals surface area contributed by atoms with E-state index in [0.29, 0.717) is 12.5 Å². The molecule has 0 spiro atoms. The topological polar surface area (TPSA) is 59.1 Å². The summed E-state index contributed by atoms with van der Waals surface area (Å²) in [6.07, 6.45) is 7.44. The van der Waals surface area contributed by atoms with E-state index < -0.39 is 0 Å². The number of aliphatic hydroxyl groups excluding tert-OH is 1. The largest absolute Gasteiger partial charge is 0.392 e. The van der Waals surface area contributed by atoms with Crippen LogP contribution in [0.15, 0.2) is 24.4 Å². The number of aromatic nitrogens is 1. The summed E-state index contributed by atoms with van der Waals surface area (Å²) in [5.41, 5.74) is 6.70. The molecule has 3 heteroatoms. The maximum atomic E-state index is 10.3. The van der Waals surface area contributed by atoms with Gasteiger partial charge in [0.25, 0.3) is 0 Å². The van der Waals surface area contributed by atoms with E-state index >= 15 is 0 Å². The van der Waals surface area contributed by atoms with Crippen LogP contribution in [0.4, 0.5) is 0 Å². The van der Waals surface area contributed by atoms with Crippen LogP contribution < -0.4 is 5.73 Å². The van der Waals surface area contributed by atoms with Crippen molar-refractivity contribution in [3.63, 3.8) is 0 Å². The Morgan fingerprint density at radius 2 is 2.12 bits per heavy atom. The molecule has 0 aliphatic heterocycles. The Morgan fingerprint density at radius 1 is 1.35 bits per heavy atom. The average molecular weight is 234 g/mol. The molecule has 1 saturated carbocycles. The third-order valence-electron chi connectivity index (χ3n) is 3.84. The van der Waals surface area contributed by atoms with E-state index in [2.05, 4.69) is 4.98 Å². The molecule has 1 aliphatic rings. The first-order valence-electron chi connectivity index (χ1n) is 6.60. The third kappa shape index (κ3) is 3.27. The summed E-state index contributed by atoms with van der Waals surface area (Å²) in [5.74, 6) is 0.666. The lowest BCUT2D eigenvalue weighted by atomic mass is 9.89. The third-order valence-corrected chi connectivity index (χ3v) is 3.84. The van der Waals surface area contributed by atoms with Crippen molar-refractivity contribution in [1.82, 2.24) is 4.98 Å². The molecule has 0 saturated heterocycles. The summed E-state index contributed by atoms with van der Waals surface area (Å²) in [4.78, 5) is 4.31. The van der Waals surface area contributed by atoms with Crippen LogP contribution in [0.2, 0.25) is 0 Å². The minimum absolute atomic E-state index is 0.0169. The van der Waals surface area contributed by atoms with Crippen molar-refractivity contribution in [2.24, 2.45) is 11.7 Å². The maximum Gasteiger partial charge on any atom is 0.0638 e. The Kier molecular flexibility index (Phi) is 4.51. The number of pyridine rings is 1. The van der Waals surface area contributed by atoms with Crippen LogP contribution in [0.5, 0.6) is 0 Å². The van der Waals surface area contributed by atoms with Crippen LogP contribution in [0.25, 0.3) is 0 Å². The summed E-state index contributed by atoms with van der Waals surface area (Å²) < 4.78 is 0. The smallest absolute Gasteiger partial charge is 0.0638 e. The molecular weight excluding hydrogens is 212 g/mol. The molecule has 0 amide bonds. The van der Waals surface area contributed by atoms with Gasteiger partial charge >= 0.3 is 0 Å². The summed E-state index contributed by atoms with van der Waals surface area (Å²) in [7, 11) is 0. The van der Waals surface area contributed by atoms with Gasteiger partial charge < -0.3 is 10.8 Å². The fourth-order valence-electron chi connectivity index (χ4n) is 2.82. The van der Waals surface area contributed by atoms with Gasteiger partial charge in [-0.05, 0) is 24.5 Å². The molecule has 0 aromatic carbocycles. The van der Waals surface area contributed by atoms with Gasteiger partial charge in [-0.25, -0.2) is 0 Å². The van der Waals surface area contributed by atoms with E-state index in [1.54, 1.807) is 6.20 Å². The van der Waals surface area contributed by atoms with E-state index in [0.717, 1.165) is 12.1 Å². The molecule has 3 nitrogen and oxygen atoms in total. The van der Waals surface area contributed by atoms with Crippen LogP contribution in [-0.4, -0.2) is 22.7 Å². The van der Waals surface area contributed by atoms with Crippen LogP contribution in [0.3, 0.4) is 0 Å². The van der Waals surface area contributed by atoms with Gasteiger partial charge in [0.2, 0.25) is 0 Å². The zero-order valence-corrected chi connectivity index (χ0v) is 10.3. The molecular formula is C14H22N2O. The highest BCUT2D eigenvalue weighted by atomic mass is 16.3. The van der Waals surface area contributed by atoms with Crippen LogP contribution in [0.1, 0.15) is 43.7 Å². The Hall–Kier alpha value is -0.930. The van der Waals surface area contributed by atoms with Crippen molar-refractivity contribution in [1.29, 1.82) is 0 Å². The highest BCUT2D eigenvalue weighted by molar-refractivity contribution is 5.11. The summed E-state index contributed by atoms with van der Waals surface area (Å²) in [6, 6.07) is 5.79. The van der Waals surface area contributed by atoms with Crippen molar-refractivity contribution >= 4 is 0 Å². The Bertz CT molecular complexity index is 322. The Balaban J connectivity index is 1.97. The van der Waals surface area contributed by atoms with E-state index in [9.17, 15) is 5.11 Å². The molecule has 0 radical (unpaired) electrons. The van der Waals surface area contributed by atoms with Crippen molar-refractivity contribution in [3.05, 3.63) is 30.1 Å². The first-order valence-corrected chi connectivity index (χ1v) is 6.60. The predicted molar refractivity (Wildman–Crippen MR) is 68.6 cm³/mol. The van der Waals surface area contributed by atoms with Crippen molar-refractivity contribution in [2.75, 3.05) is 6.54 Å². The molecule has 94 valence electrons. The first kappa shape index (κ1) is 12.5. The number of hydrogen-bond acceptors (Lipinski definition) is 3. The molecule has 3 N–H and O–H groups in total. The number of aliphatic hydroxyl groups is 1. The van der Waals surface area contributed by atoms with Crippen LogP contribution in [-0.2, 0) is 0 Å². The molecule has 1 aromatic heterocycles. The van der Waals surface area contributed by atoms with Gasteiger partial charge in [0.1, 0.15) is 0 Å². The zero-order chi connectivity index (χ0) is 12.1. The van der Waals surface area contributed by atoms with Crippen molar-refractivity contribution in [2.45, 2.75) is 44.1 Å². The average Bonchev–Trinajstić information content (AvgIpc) is 2.84. The highest BCUT2D eigenvalue weighted by Crippen LogP contribution is 2.31. The van der Waals surface area contributed by atoms with Crippen molar-refractivity contribution in [3.8, 4) is 0 Å². The number of hydrogen-bond donors (Lipinski definition) is 2. The van der Waals surface area contributed by atoms with Crippen molar-refractivity contribution < 1.29 is 5.11 Å². The normalized spacial score (nSPS) is 20.4. The molecule has 2 atom stereocenters. The molecule has 0 bridgehead atoms. The number of nitrogens with two attached hydrogens (primary N) is 1. The molecule has 2 unspecified atom stereocenters. The zero-order valence-electron chi connectivity index (χ0n) is 10.3. The minimum Gasteiger partial charge on any atom is -0.392 e. The lowest BCUT2D eigenvalue weighted by molar-refractivity contribution is 0.115. The summed E-state index contributed by atoms with van der Waals surface area (Å²) in [6.45, 7) is 0.463. The minimum atomic E-state index is -0.349. The van der Waals surface area contributed by atoms with Gasteiger partial charge in [0.15, 0.2) is 0 Å². The maximum absolute atomic E-state index is 10.3. The predicted octanol–water partition coefficient (Wildman–Crippen LogP) is 2.07. The molecule has 1 heterocycles. The van der Waals surface area contributed by atoms with Crippen LogP contribution in [0, 0.1) is 5.92 Å². The van der Waals surface area contributed by atoms with Gasteiger partial charge in [-0.3, -0.25) is 4.98 Å². The molecule has 2 rings (SSSR count).